The van der Waals surface area contributed by atoms with E-state index in [-0.39, 0.29) is 12.1 Å². The monoisotopic (exact) mass is 349 g/mol. The third-order valence-electron chi connectivity index (χ3n) is 4.24. The minimum absolute atomic E-state index is 0.0887. The van der Waals surface area contributed by atoms with Gasteiger partial charge in [0, 0.05) is 0 Å². The summed E-state index contributed by atoms with van der Waals surface area (Å²) in [6.45, 7) is 5.96. The molecular formula is C18H19N7O. The Labute approximate surface area is 150 Å². The van der Waals surface area contributed by atoms with Crippen molar-refractivity contribution >= 4 is 0 Å². The number of aryl methyl sites for hydroxylation is 2. The van der Waals surface area contributed by atoms with Crippen LogP contribution in [0.1, 0.15) is 42.1 Å². The van der Waals surface area contributed by atoms with Gasteiger partial charge in [0.2, 0.25) is 0 Å². The molecule has 0 saturated heterocycles. The molecule has 3 aromatic rings. The van der Waals surface area contributed by atoms with Crippen molar-refractivity contribution in [3.63, 3.8) is 0 Å². The van der Waals surface area contributed by atoms with E-state index in [0.717, 1.165) is 22.5 Å². The number of aromatic nitrogens is 6. The van der Waals surface area contributed by atoms with Crippen LogP contribution in [0.2, 0.25) is 0 Å². The number of hydrogen-bond acceptors (Lipinski definition) is 6. The summed E-state index contributed by atoms with van der Waals surface area (Å²) in [5.41, 5.74) is 3.12. The van der Waals surface area contributed by atoms with E-state index in [4.69, 9.17) is 0 Å². The van der Waals surface area contributed by atoms with Crippen LogP contribution in [0.25, 0.3) is 5.69 Å². The molecule has 132 valence electrons. The van der Waals surface area contributed by atoms with E-state index in [2.05, 4.69) is 20.6 Å². The van der Waals surface area contributed by atoms with E-state index in [1.807, 2.05) is 51.1 Å². The fourth-order valence-electron chi connectivity index (χ4n) is 2.87. The highest BCUT2D eigenvalue weighted by Gasteiger charge is 2.17. The molecule has 0 fully saturated rings. The van der Waals surface area contributed by atoms with Gasteiger partial charge < -0.3 is 0 Å². The summed E-state index contributed by atoms with van der Waals surface area (Å²) in [4.78, 5) is 12.7. The van der Waals surface area contributed by atoms with Crippen LogP contribution in [0.5, 0.6) is 0 Å². The second-order valence-electron chi connectivity index (χ2n) is 5.92. The van der Waals surface area contributed by atoms with Gasteiger partial charge in [-0.05, 0) is 47.9 Å². The molecule has 0 atom stereocenters. The molecular weight excluding hydrogens is 330 g/mol. The maximum absolute atomic E-state index is 12.7. The highest BCUT2D eigenvalue weighted by Crippen LogP contribution is 2.12. The van der Waals surface area contributed by atoms with E-state index < -0.39 is 5.56 Å². The summed E-state index contributed by atoms with van der Waals surface area (Å²) in [6.07, 6.45) is 1.23. The molecule has 0 unspecified atom stereocenters. The molecule has 2 aromatic heterocycles. The van der Waals surface area contributed by atoms with Crippen LogP contribution in [-0.2, 0) is 19.4 Å². The molecule has 0 bridgehead atoms. The van der Waals surface area contributed by atoms with Gasteiger partial charge in [-0.1, -0.05) is 31.5 Å². The molecule has 0 spiro atoms. The van der Waals surface area contributed by atoms with Crippen LogP contribution in [0.15, 0.2) is 29.1 Å². The molecule has 0 aliphatic carbocycles. The normalized spacial score (nSPS) is 10.7. The van der Waals surface area contributed by atoms with Crippen molar-refractivity contribution in [1.29, 1.82) is 5.26 Å². The quantitative estimate of drug-likeness (QED) is 0.693. The van der Waals surface area contributed by atoms with Gasteiger partial charge >= 0.3 is 0 Å². The molecule has 0 amide bonds. The Morgan fingerprint density at radius 2 is 1.88 bits per heavy atom. The lowest BCUT2D eigenvalue weighted by Gasteiger charge is -2.12. The summed E-state index contributed by atoms with van der Waals surface area (Å²) in [5.74, 6) is 0.471. The summed E-state index contributed by atoms with van der Waals surface area (Å²) in [6, 6.07) is 9.77. The Bertz CT molecular complexity index is 1030. The van der Waals surface area contributed by atoms with E-state index in [0.29, 0.717) is 18.7 Å². The molecule has 0 aliphatic rings. The van der Waals surface area contributed by atoms with E-state index in [9.17, 15) is 10.1 Å². The predicted octanol–water partition coefficient (Wildman–Crippen LogP) is 1.57. The lowest BCUT2D eigenvalue weighted by atomic mass is 10.0. The number of hydrogen-bond donors (Lipinski definition) is 0. The zero-order chi connectivity index (χ0) is 18.7. The first-order chi connectivity index (χ1) is 12.6. The molecule has 3 rings (SSSR count). The fraction of sp³-hybridized carbons (Fsp3) is 0.333. The first kappa shape index (κ1) is 17.5. The first-order valence-electron chi connectivity index (χ1n) is 8.46. The lowest BCUT2D eigenvalue weighted by molar-refractivity contribution is 0.580. The Balaban J connectivity index is 2.06. The summed E-state index contributed by atoms with van der Waals surface area (Å²) >= 11 is 0. The summed E-state index contributed by atoms with van der Waals surface area (Å²) < 4.78 is 2.84. The van der Waals surface area contributed by atoms with E-state index >= 15 is 0 Å². The van der Waals surface area contributed by atoms with Crippen LogP contribution in [-0.4, -0.2) is 30.0 Å². The van der Waals surface area contributed by atoms with Crippen molar-refractivity contribution in [3.05, 3.63) is 62.8 Å². The Morgan fingerprint density at radius 3 is 2.50 bits per heavy atom. The molecule has 0 N–H and O–H groups in total. The van der Waals surface area contributed by atoms with Gasteiger partial charge in [0.1, 0.15) is 18.2 Å². The summed E-state index contributed by atoms with van der Waals surface area (Å²) in [5, 5.41) is 25.6. The summed E-state index contributed by atoms with van der Waals surface area (Å²) in [7, 11) is 0. The zero-order valence-corrected chi connectivity index (χ0v) is 15.0. The molecule has 1 aromatic carbocycles. The molecule has 8 nitrogen and oxygen atoms in total. The van der Waals surface area contributed by atoms with E-state index in [1.54, 1.807) is 4.68 Å². The maximum Gasteiger partial charge on any atom is 0.285 e. The molecule has 0 radical (unpaired) electrons. The van der Waals surface area contributed by atoms with Crippen LogP contribution in [0.3, 0.4) is 0 Å². The Morgan fingerprint density at radius 1 is 1.15 bits per heavy atom. The molecule has 0 saturated carbocycles. The number of nitriles is 1. The van der Waals surface area contributed by atoms with Crippen LogP contribution in [0.4, 0.5) is 0 Å². The van der Waals surface area contributed by atoms with E-state index in [1.165, 1.54) is 4.68 Å². The first-order valence-corrected chi connectivity index (χ1v) is 8.46. The van der Waals surface area contributed by atoms with Crippen molar-refractivity contribution in [2.75, 3.05) is 0 Å². The third kappa shape index (κ3) is 3.11. The minimum Gasteiger partial charge on any atom is -0.266 e. The van der Waals surface area contributed by atoms with Crippen molar-refractivity contribution in [1.82, 2.24) is 30.0 Å². The highest BCUT2D eigenvalue weighted by molar-refractivity contribution is 5.38. The van der Waals surface area contributed by atoms with Gasteiger partial charge in [-0.3, -0.25) is 4.79 Å². The van der Waals surface area contributed by atoms with Gasteiger partial charge in [-0.25, -0.2) is 4.68 Å². The van der Waals surface area contributed by atoms with Gasteiger partial charge in [0.05, 0.1) is 11.4 Å². The van der Waals surface area contributed by atoms with Gasteiger partial charge in [0.15, 0.2) is 5.82 Å². The lowest BCUT2D eigenvalue weighted by Crippen LogP contribution is -2.30. The zero-order valence-electron chi connectivity index (χ0n) is 15.0. The van der Waals surface area contributed by atoms with Crippen molar-refractivity contribution < 1.29 is 0 Å². The number of benzene rings is 1. The third-order valence-corrected chi connectivity index (χ3v) is 4.24. The van der Waals surface area contributed by atoms with Gasteiger partial charge in [-0.2, -0.15) is 15.0 Å². The smallest absolute Gasteiger partial charge is 0.266 e. The number of rotatable bonds is 5. The van der Waals surface area contributed by atoms with Crippen LogP contribution >= 0.6 is 0 Å². The average molecular weight is 349 g/mol. The topological polar surface area (TPSA) is 102 Å². The molecule has 0 aliphatic heterocycles. The Kier molecular flexibility index (Phi) is 4.89. The van der Waals surface area contributed by atoms with Crippen molar-refractivity contribution in [2.45, 2.75) is 40.2 Å². The average Bonchev–Trinajstić information content (AvgIpc) is 3.11. The van der Waals surface area contributed by atoms with Gasteiger partial charge in [0.25, 0.3) is 5.56 Å². The molecule has 26 heavy (non-hydrogen) atoms. The van der Waals surface area contributed by atoms with Crippen LogP contribution in [0, 0.1) is 18.3 Å². The Hall–Kier alpha value is -3.34. The number of nitrogens with zero attached hydrogens (tertiary/aromatic N) is 7. The second kappa shape index (κ2) is 7.27. The fourth-order valence-corrected chi connectivity index (χ4v) is 2.87. The second-order valence-corrected chi connectivity index (χ2v) is 5.92. The van der Waals surface area contributed by atoms with Crippen molar-refractivity contribution in [2.24, 2.45) is 0 Å². The highest BCUT2D eigenvalue weighted by atomic mass is 16.1. The maximum atomic E-state index is 12.7. The predicted molar refractivity (Wildman–Crippen MR) is 95.0 cm³/mol. The molecule has 2 heterocycles. The number of tetrazole rings is 1. The SMILES string of the molecule is CCc1nn(Cc2nnnn2-c2ccc(C)cc2)c(=O)c(C#N)c1CC. The molecule has 8 heteroatoms. The standard InChI is InChI=1S/C18H19N7O/c1-4-14-15(10-19)18(26)24(21-16(14)5-2)11-17-20-22-23-25(17)13-8-6-12(3)7-9-13/h6-9H,4-5,11H2,1-3H3. The van der Waals surface area contributed by atoms with Gasteiger partial charge in [-0.15, -0.1) is 5.10 Å². The van der Waals surface area contributed by atoms with Crippen LogP contribution < -0.4 is 5.56 Å². The minimum atomic E-state index is -0.417. The largest absolute Gasteiger partial charge is 0.285 e. The van der Waals surface area contributed by atoms with Crippen molar-refractivity contribution in [3.8, 4) is 11.8 Å².